The minimum absolute atomic E-state index is 0.150. The van der Waals surface area contributed by atoms with Crippen molar-refractivity contribution in [2.45, 2.75) is 18.9 Å². The average molecular weight is 249 g/mol. The van der Waals surface area contributed by atoms with E-state index < -0.39 is 6.04 Å². The third-order valence-corrected chi connectivity index (χ3v) is 2.72. The fourth-order valence-electron chi connectivity index (χ4n) is 1.78. The topological polar surface area (TPSA) is 109 Å². The minimum Gasteiger partial charge on any atom is -0.354 e. The van der Waals surface area contributed by atoms with Gasteiger partial charge in [0.15, 0.2) is 0 Å². The summed E-state index contributed by atoms with van der Waals surface area (Å²) in [5.74, 6) is 5.08. The second-order valence-corrected chi connectivity index (χ2v) is 4.01. The van der Waals surface area contributed by atoms with Crippen molar-refractivity contribution >= 4 is 17.6 Å². The van der Waals surface area contributed by atoms with Gasteiger partial charge in [-0.25, -0.2) is 10.8 Å². The van der Waals surface area contributed by atoms with Crippen LogP contribution in [0.5, 0.6) is 0 Å². The van der Waals surface area contributed by atoms with Crippen LogP contribution in [-0.4, -0.2) is 29.4 Å². The molecule has 0 bridgehead atoms. The van der Waals surface area contributed by atoms with Gasteiger partial charge in [0.05, 0.1) is 0 Å². The lowest BCUT2D eigenvalue weighted by atomic mass is 10.1. The van der Waals surface area contributed by atoms with Crippen molar-refractivity contribution in [1.82, 2.24) is 15.6 Å². The van der Waals surface area contributed by atoms with E-state index in [1.807, 2.05) is 0 Å². The molecule has 1 aromatic heterocycles. The molecule has 0 aliphatic carbocycles. The van der Waals surface area contributed by atoms with Gasteiger partial charge in [-0.2, -0.15) is 0 Å². The van der Waals surface area contributed by atoms with Crippen LogP contribution < -0.4 is 21.9 Å². The minimum atomic E-state index is -0.484. The van der Waals surface area contributed by atoms with Crippen molar-refractivity contribution in [3.05, 3.63) is 23.9 Å². The Morgan fingerprint density at radius 1 is 1.50 bits per heavy atom. The number of rotatable bonds is 3. The number of hydrazine groups is 1. The summed E-state index contributed by atoms with van der Waals surface area (Å²) in [6.45, 7) is 0.663. The molecule has 1 aliphatic heterocycles. The molecule has 0 saturated carbocycles. The summed E-state index contributed by atoms with van der Waals surface area (Å²) in [5, 5.41) is 5.36. The van der Waals surface area contributed by atoms with E-state index in [2.05, 4.69) is 21.0 Å². The Balaban J connectivity index is 2.04. The molecule has 2 amide bonds. The van der Waals surface area contributed by atoms with Crippen molar-refractivity contribution < 1.29 is 9.59 Å². The molecule has 2 rings (SSSR count). The predicted molar refractivity (Wildman–Crippen MR) is 65.5 cm³/mol. The molecule has 1 saturated heterocycles. The molecule has 1 unspecified atom stereocenters. The molecular weight excluding hydrogens is 234 g/mol. The van der Waals surface area contributed by atoms with Crippen molar-refractivity contribution in [1.29, 1.82) is 0 Å². The number of nitrogens with zero attached hydrogens (tertiary/aromatic N) is 1. The monoisotopic (exact) mass is 249 g/mol. The molecule has 1 aromatic rings. The number of amides is 2. The SMILES string of the molecule is NNc1cccc(C(=O)NC2CCCNC2=O)n1. The summed E-state index contributed by atoms with van der Waals surface area (Å²) in [5.41, 5.74) is 2.59. The Kier molecular flexibility index (Phi) is 3.73. The first-order valence-electron chi connectivity index (χ1n) is 5.73. The number of anilines is 1. The normalized spacial score (nSPS) is 18.9. The van der Waals surface area contributed by atoms with Gasteiger partial charge in [-0.15, -0.1) is 0 Å². The summed E-state index contributed by atoms with van der Waals surface area (Å²) < 4.78 is 0. The highest BCUT2D eigenvalue weighted by atomic mass is 16.2. The molecule has 5 N–H and O–H groups in total. The predicted octanol–water partition coefficient (Wildman–Crippen LogP) is -0.624. The van der Waals surface area contributed by atoms with E-state index in [0.717, 1.165) is 6.42 Å². The van der Waals surface area contributed by atoms with Crippen LogP contribution in [0.25, 0.3) is 0 Å². The lowest BCUT2D eigenvalue weighted by molar-refractivity contribution is -0.124. The Morgan fingerprint density at radius 2 is 2.33 bits per heavy atom. The first-order chi connectivity index (χ1) is 8.70. The molecule has 1 fully saturated rings. The van der Waals surface area contributed by atoms with E-state index in [1.165, 1.54) is 0 Å². The van der Waals surface area contributed by atoms with Gasteiger partial charge in [0.25, 0.3) is 5.91 Å². The Labute approximate surface area is 104 Å². The maximum absolute atomic E-state index is 11.9. The number of nitrogens with two attached hydrogens (primary N) is 1. The lowest BCUT2D eigenvalue weighted by Crippen LogP contribution is -2.50. The van der Waals surface area contributed by atoms with E-state index in [1.54, 1.807) is 18.2 Å². The molecule has 96 valence electrons. The Hall–Kier alpha value is -2.15. The summed E-state index contributed by atoms with van der Waals surface area (Å²) in [6, 6.07) is 4.39. The largest absolute Gasteiger partial charge is 0.354 e. The highest BCUT2D eigenvalue weighted by Crippen LogP contribution is 2.06. The first kappa shape index (κ1) is 12.3. The number of pyridine rings is 1. The summed E-state index contributed by atoms with van der Waals surface area (Å²) in [4.78, 5) is 27.4. The molecule has 1 aliphatic rings. The molecule has 2 heterocycles. The van der Waals surface area contributed by atoms with Crippen LogP contribution >= 0.6 is 0 Å². The number of hydrogen-bond donors (Lipinski definition) is 4. The van der Waals surface area contributed by atoms with Crippen LogP contribution in [0.2, 0.25) is 0 Å². The number of piperidine rings is 1. The van der Waals surface area contributed by atoms with Crippen LogP contribution in [0.3, 0.4) is 0 Å². The van der Waals surface area contributed by atoms with Gasteiger partial charge in [-0.1, -0.05) is 6.07 Å². The number of nitrogens with one attached hydrogen (secondary N) is 3. The zero-order chi connectivity index (χ0) is 13.0. The zero-order valence-corrected chi connectivity index (χ0v) is 9.77. The number of nitrogen functional groups attached to an aromatic ring is 1. The molecular formula is C11H15N5O2. The highest BCUT2D eigenvalue weighted by molar-refractivity contribution is 5.96. The van der Waals surface area contributed by atoms with Crippen LogP contribution in [0.1, 0.15) is 23.3 Å². The average Bonchev–Trinajstić information content (AvgIpc) is 2.41. The molecule has 7 heteroatoms. The molecule has 0 radical (unpaired) electrons. The quantitative estimate of drug-likeness (QED) is 0.421. The van der Waals surface area contributed by atoms with E-state index in [-0.39, 0.29) is 17.5 Å². The van der Waals surface area contributed by atoms with E-state index in [4.69, 9.17) is 5.84 Å². The van der Waals surface area contributed by atoms with Gasteiger partial charge >= 0.3 is 0 Å². The summed E-state index contributed by atoms with van der Waals surface area (Å²) in [6.07, 6.45) is 1.50. The molecule has 0 spiro atoms. The standard InChI is InChI=1S/C11H15N5O2/c12-16-9-5-1-3-8(14-9)11(18)15-7-4-2-6-13-10(7)17/h1,3,5,7H,2,4,6,12H2,(H,13,17)(H,14,16)(H,15,18). The number of carbonyl (C=O) groups is 2. The first-order valence-corrected chi connectivity index (χ1v) is 5.73. The van der Waals surface area contributed by atoms with Crippen molar-refractivity contribution in [3.8, 4) is 0 Å². The maximum Gasteiger partial charge on any atom is 0.270 e. The summed E-state index contributed by atoms with van der Waals surface area (Å²) in [7, 11) is 0. The van der Waals surface area contributed by atoms with Crippen LogP contribution in [0, 0.1) is 0 Å². The zero-order valence-electron chi connectivity index (χ0n) is 9.77. The smallest absolute Gasteiger partial charge is 0.270 e. The molecule has 1 atom stereocenters. The fraction of sp³-hybridized carbons (Fsp3) is 0.364. The lowest BCUT2D eigenvalue weighted by Gasteiger charge is -2.22. The fourth-order valence-corrected chi connectivity index (χ4v) is 1.78. The van der Waals surface area contributed by atoms with Gasteiger partial charge in [0.2, 0.25) is 5.91 Å². The van der Waals surface area contributed by atoms with Gasteiger partial charge in [0, 0.05) is 6.54 Å². The number of hydrogen-bond acceptors (Lipinski definition) is 5. The maximum atomic E-state index is 11.9. The second kappa shape index (κ2) is 5.46. The Morgan fingerprint density at radius 3 is 3.06 bits per heavy atom. The van der Waals surface area contributed by atoms with Crippen molar-refractivity contribution in [3.63, 3.8) is 0 Å². The molecule has 7 nitrogen and oxygen atoms in total. The van der Waals surface area contributed by atoms with Gasteiger partial charge in [-0.3, -0.25) is 9.59 Å². The molecule has 18 heavy (non-hydrogen) atoms. The van der Waals surface area contributed by atoms with E-state index >= 15 is 0 Å². The van der Waals surface area contributed by atoms with Gasteiger partial charge < -0.3 is 16.1 Å². The van der Waals surface area contributed by atoms with Gasteiger partial charge in [-0.05, 0) is 25.0 Å². The molecule has 0 aromatic carbocycles. The van der Waals surface area contributed by atoms with Gasteiger partial charge in [0.1, 0.15) is 17.6 Å². The van der Waals surface area contributed by atoms with E-state index in [0.29, 0.717) is 18.8 Å². The van der Waals surface area contributed by atoms with Crippen LogP contribution in [-0.2, 0) is 4.79 Å². The van der Waals surface area contributed by atoms with Crippen LogP contribution in [0.4, 0.5) is 5.82 Å². The Bertz CT molecular complexity index is 463. The van der Waals surface area contributed by atoms with Crippen LogP contribution in [0.15, 0.2) is 18.2 Å². The summed E-state index contributed by atoms with van der Waals surface area (Å²) >= 11 is 0. The number of aromatic nitrogens is 1. The van der Waals surface area contributed by atoms with E-state index in [9.17, 15) is 9.59 Å². The van der Waals surface area contributed by atoms with Crippen molar-refractivity contribution in [2.75, 3.05) is 12.0 Å². The second-order valence-electron chi connectivity index (χ2n) is 4.01. The van der Waals surface area contributed by atoms with Crippen molar-refractivity contribution in [2.24, 2.45) is 5.84 Å². The third-order valence-electron chi connectivity index (χ3n) is 2.72. The third kappa shape index (κ3) is 2.75. The number of carbonyl (C=O) groups excluding carboxylic acids is 2. The highest BCUT2D eigenvalue weighted by Gasteiger charge is 2.24.